The first-order valence-electron chi connectivity index (χ1n) is 7.92. The Hall–Kier alpha value is -1.07. The summed E-state index contributed by atoms with van der Waals surface area (Å²) in [5.74, 6) is 2.31. The van der Waals surface area contributed by atoms with Crippen LogP contribution in [0.4, 0.5) is 13.2 Å². The summed E-state index contributed by atoms with van der Waals surface area (Å²) in [7, 11) is 1.53. The van der Waals surface area contributed by atoms with Gasteiger partial charge in [0.25, 0.3) is 0 Å². The highest BCUT2D eigenvalue weighted by molar-refractivity contribution is 14.0. The molecule has 1 aliphatic heterocycles. The fourth-order valence-corrected chi connectivity index (χ4v) is 2.57. The number of nitrogens with zero attached hydrogens (tertiary/aromatic N) is 4. The second-order valence-electron chi connectivity index (χ2n) is 5.54. The van der Waals surface area contributed by atoms with Gasteiger partial charge in [-0.15, -0.1) is 34.2 Å². The lowest BCUT2D eigenvalue weighted by atomic mass is 10.2. The van der Waals surface area contributed by atoms with Crippen molar-refractivity contribution in [3.63, 3.8) is 0 Å². The SMILES string of the molecule is CN=C(NCCc1nnc2n1CCCCC2)NCCC(F)(F)F.I. The molecule has 0 fully saturated rings. The van der Waals surface area contributed by atoms with Crippen LogP contribution in [0, 0.1) is 0 Å². The predicted octanol–water partition coefficient (Wildman–Crippen LogP) is 2.28. The molecule has 2 rings (SSSR count). The maximum atomic E-state index is 12.1. The van der Waals surface area contributed by atoms with Crippen molar-refractivity contribution in [3.05, 3.63) is 11.6 Å². The summed E-state index contributed by atoms with van der Waals surface area (Å²) < 4.78 is 38.5. The quantitative estimate of drug-likeness (QED) is 0.402. The van der Waals surface area contributed by atoms with E-state index in [0.29, 0.717) is 18.9 Å². The lowest BCUT2D eigenvalue weighted by Gasteiger charge is -2.13. The molecular weight excluding hydrogens is 436 g/mol. The van der Waals surface area contributed by atoms with Gasteiger partial charge in [0.15, 0.2) is 5.96 Å². The minimum Gasteiger partial charge on any atom is -0.356 e. The van der Waals surface area contributed by atoms with Gasteiger partial charge in [-0.2, -0.15) is 13.2 Å². The van der Waals surface area contributed by atoms with E-state index in [0.717, 1.165) is 37.5 Å². The zero-order valence-corrected chi connectivity index (χ0v) is 16.0. The maximum Gasteiger partial charge on any atom is 0.390 e. The van der Waals surface area contributed by atoms with Crippen LogP contribution in [0.25, 0.3) is 0 Å². The molecule has 0 bridgehead atoms. The van der Waals surface area contributed by atoms with Gasteiger partial charge in [0, 0.05) is 39.5 Å². The van der Waals surface area contributed by atoms with E-state index in [1.54, 1.807) is 0 Å². The molecule has 6 nitrogen and oxygen atoms in total. The highest BCUT2D eigenvalue weighted by Crippen LogP contribution is 2.18. The van der Waals surface area contributed by atoms with Crippen molar-refractivity contribution in [1.29, 1.82) is 0 Å². The summed E-state index contributed by atoms with van der Waals surface area (Å²) in [6, 6.07) is 0. The number of aliphatic imine (C=N–C) groups is 1. The minimum atomic E-state index is -4.16. The molecule has 1 aromatic heterocycles. The Balaban J connectivity index is 0.00000288. The molecule has 0 aromatic carbocycles. The second-order valence-corrected chi connectivity index (χ2v) is 5.54. The fourth-order valence-electron chi connectivity index (χ4n) is 2.57. The Kier molecular flexibility index (Phi) is 8.78. The van der Waals surface area contributed by atoms with Crippen LogP contribution < -0.4 is 10.6 Å². The van der Waals surface area contributed by atoms with Crippen LogP contribution in [0.1, 0.15) is 37.3 Å². The lowest BCUT2D eigenvalue weighted by Crippen LogP contribution is -2.40. The van der Waals surface area contributed by atoms with Gasteiger partial charge in [-0.1, -0.05) is 6.42 Å². The van der Waals surface area contributed by atoms with Gasteiger partial charge >= 0.3 is 6.18 Å². The first-order chi connectivity index (χ1) is 11.0. The van der Waals surface area contributed by atoms with Crippen LogP contribution in [-0.4, -0.2) is 47.0 Å². The molecule has 2 N–H and O–H groups in total. The molecule has 0 saturated heterocycles. The van der Waals surface area contributed by atoms with Crippen molar-refractivity contribution in [1.82, 2.24) is 25.4 Å². The van der Waals surface area contributed by atoms with Gasteiger partial charge in [0.05, 0.1) is 6.42 Å². The zero-order chi connectivity index (χ0) is 16.7. The highest BCUT2D eigenvalue weighted by atomic mass is 127. The molecule has 0 atom stereocenters. The summed E-state index contributed by atoms with van der Waals surface area (Å²) in [5.41, 5.74) is 0. The first kappa shape index (κ1) is 21.0. The third kappa shape index (κ3) is 6.81. The number of aryl methyl sites for hydroxylation is 1. The van der Waals surface area contributed by atoms with Gasteiger partial charge in [0.2, 0.25) is 0 Å². The predicted molar refractivity (Wildman–Crippen MR) is 96.7 cm³/mol. The van der Waals surface area contributed by atoms with E-state index < -0.39 is 12.6 Å². The molecule has 1 aromatic rings. The smallest absolute Gasteiger partial charge is 0.356 e. The Morgan fingerprint density at radius 1 is 1.17 bits per heavy atom. The molecule has 0 spiro atoms. The summed E-state index contributed by atoms with van der Waals surface area (Å²) in [6.07, 6.45) is 0.0551. The van der Waals surface area contributed by atoms with Crippen molar-refractivity contribution in [2.75, 3.05) is 20.1 Å². The maximum absolute atomic E-state index is 12.1. The van der Waals surface area contributed by atoms with Crippen molar-refractivity contribution < 1.29 is 13.2 Å². The van der Waals surface area contributed by atoms with Crippen molar-refractivity contribution >= 4 is 29.9 Å². The number of alkyl halides is 3. The van der Waals surface area contributed by atoms with E-state index in [1.807, 2.05) is 0 Å². The molecule has 0 saturated carbocycles. The van der Waals surface area contributed by atoms with Crippen LogP contribution in [0.3, 0.4) is 0 Å². The van der Waals surface area contributed by atoms with E-state index >= 15 is 0 Å². The van der Waals surface area contributed by atoms with Crippen LogP contribution in [0.15, 0.2) is 4.99 Å². The van der Waals surface area contributed by atoms with E-state index in [9.17, 15) is 13.2 Å². The second kappa shape index (κ2) is 10.0. The average molecular weight is 460 g/mol. The Morgan fingerprint density at radius 2 is 1.92 bits per heavy atom. The van der Waals surface area contributed by atoms with Crippen LogP contribution in [0.2, 0.25) is 0 Å². The third-order valence-corrected chi connectivity index (χ3v) is 3.75. The number of halogens is 4. The standard InChI is InChI=1S/C14H23F3N6.HI/c1-18-13(20-9-7-14(15,16)17)19-8-6-12-22-21-11-5-3-2-4-10-23(11)12;/h2-10H2,1H3,(H2,18,19,20);1H. The zero-order valence-electron chi connectivity index (χ0n) is 13.7. The number of aromatic nitrogens is 3. The van der Waals surface area contributed by atoms with E-state index in [1.165, 1.54) is 13.5 Å². The summed E-state index contributed by atoms with van der Waals surface area (Å²) in [6.45, 7) is 1.30. The largest absolute Gasteiger partial charge is 0.390 e. The molecule has 138 valence electrons. The van der Waals surface area contributed by atoms with Crippen LogP contribution >= 0.6 is 24.0 Å². The average Bonchev–Trinajstić information content (AvgIpc) is 2.72. The summed E-state index contributed by atoms with van der Waals surface area (Å²) >= 11 is 0. The van der Waals surface area contributed by atoms with Crippen LogP contribution in [-0.2, 0) is 19.4 Å². The Morgan fingerprint density at radius 3 is 2.62 bits per heavy atom. The number of nitrogens with one attached hydrogen (secondary N) is 2. The molecule has 24 heavy (non-hydrogen) atoms. The highest BCUT2D eigenvalue weighted by Gasteiger charge is 2.26. The number of hydrogen-bond donors (Lipinski definition) is 2. The molecule has 0 radical (unpaired) electrons. The van der Waals surface area contributed by atoms with Crippen LogP contribution in [0.5, 0.6) is 0 Å². The summed E-state index contributed by atoms with van der Waals surface area (Å²) in [4.78, 5) is 3.91. The monoisotopic (exact) mass is 460 g/mol. The van der Waals surface area contributed by atoms with Crippen molar-refractivity contribution in [2.45, 2.75) is 51.2 Å². The molecular formula is C14H24F3IN6. The minimum absolute atomic E-state index is 0. The Bertz CT molecular complexity index is 529. The lowest BCUT2D eigenvalue weighted by molar-refractivity contribution is -0.132. The normalized spacial score (nSPS) is 15.2. The van der Waals surface area contributed by atoms with Crippen molar-refractivity contribution in [2.24, 2.45) is 4.99 Å². The number of rotatable bonds is 5. The van der Waals surface area contributed by atoms with Gasteiger partial charge in [0.1, 0.15) is 11.6 Å². The van der Waals surface area contributed by atoms with E-state index in [4.69, 9.17) is 0 Å². The van der Waals surface area contributed by atoms with E-state index in [2.05, 4.69) is 30.4 Å². The van der Waals surface area contributed by atoms with Gasteiger partial charge in [-0.25, -0.2) is 0 Å². The first-order valence-corrected chi connectivity index (χ1v) is 7.92. The van der Waals surface area contributed by atoms with Gasteiger partial charge < -0.3 is 15.2 Å². The summed E-state index contributed by atoms with van der Waals surface area (Å²) in [5, 5.41) is 14.1. The molecule has 0 amide bonds. The van der Waals surface area contributed by atoms with Gasteiger partial charge in [-0.05, 0) is 12.8 Å². The Labute approximate surface area is 156 Å². The molecule has 0 aliphatic carbocycles. The van der Waals surface area contributed by atoms with Crippen molar-refractivity contribution in [3.8, 4) is 0 Å². The third-order valence-electron chi connectivity index (χ3n) is 3.75. The number of fused-ring (bicyclic) bond motifs is 1. The number of hydrogen-bond acceptors (Lipinski definition) is 3. The topological polar surface area (TPSA) is 67.1 Å². The van der Waals surface area contributed by atoms with Gasteiger partial charge in [-0.3, -0.25) is 4.99 Å². The molecule has 1 aliphatic rings. The molecule has 10 heteroatoms. The molecule has 0 unspecified atom stereocenters. The molecule has 2 heterocycles. The number of guanidine groups is 1. The van der Waals surface area contributed by atoms with E-state index in [-0.39, 0.29) is 30.5 Å². The fraction of sp³-hybridized carbons (Fsp3) is 0.786.